The maximum atomic E-state index is 9.16. The highest BCUT2D eigenvalue weighted by atomic mass is 16.7. The Bertz CT molecular complexity index is 156. The van der Waals surface area contributed by atoms with E-state index in [4.69, 9.17) is 21.0 Å². The largest absolute Gasteiger partial charge is 0.367 e. The molecule has 0 aromatic rings. The van der Waals surface area contributed by atoms with Crippen LogP contribution in [0.3, 0.4) is 0 Å². The van der Waals surface area contributed by atoms with Crippen LogP contribution in [0.25, 0.3) is 0 Å². The molecule has 0 aromatic carbocycles. The zero-order valence-electron chi connectivity index (χ0n) is 7.03. The van der Waals surface area contributed by atoms with Gasteiger partial charge in [-0.15, -0.1) is 12.3 Å². The third kappa shape index (κ3) is 3.22. The Morgan fingerprint density at radius 3 is 3.08 bits per heavy atom. The van der Waals surface area contributed by atoms with Gasteiger partial charge in [0, 0.05) is 6.61 Å². The second-order valence-electron chi connectivity index (χ2n) is 2.80. The zero-order chi connectivity index (χ0) is 8.81. The Morgan fingerprint density at radius 1 is 1.67 bits per heavy atom. The van der Waals surface area contributed by atoms with E-state index >= 15 is 0 Å². The van der Waals surface area contributed by atoms with Crippen molar-refractivity contribution in [1.82, 2.24) is 0 Å². The quantitative estimate of drug-likeness (QED) is 0.504. The zero-order valence-corrected chi connectivity index (χ0v) is 7.03. The summed E-state index contributed by atoms with van der Waals surface area (Å²) in [6, 6.07) is 0. The first kappa shape index (κ1) is 9.53. The molecule has 2 atom stereocenters. The van der Waals surface area contributed by atoms with Gasteiger partial charge in [-0.1, -0.05) is 0 Å². The molecule has 68 valence electrons. The molecule has 1 N–H and O–H groups in total. The van der Waals surface area contributed by atoms with Crippen LogP contribution in [-0.2, 0) is 9.47 Å². The summed E-state index contributed by atoms with van der Waals surface area (Å²) in [4.78, 5) is 0. The Morgan fingerprint density at radius 2 is 2.50 bits per heavy atom. The van der Waals surface area contributed by atoms with Crippen LogP contribution in [-0.4, -0.2) is 24.3 Å². The van der Waals surface area contributed by atoms with Crippen LogP contribution in [0.1, 0.15) is 25.7 Å². The van der Waals surface area contributed by atoms with Gasteiger partial charge in [-0.25, -0.2) is 0 Å². The van der Waals surface area contributed by atoms with Crippen LogP contribution in [0.15, 0.2) is 0 Å². The van der Waals surface area contributed by atoms with E-state index in [0.29, 0.717) is 6.61 Å². The first-order valence-corrected chi connectivity index (χ1v) is 4.21. The summed E-state index contributed by atoms with van der Waals surface area (Å²) in [5.74, 6) is 2.33. The molecule has 0 aromatic heterocycles. The van der Waals surface area contributed by atoms with E-state index in [-0.39, 0.29) is 12.7 Å². The fourth-order valence-corrected chi connectivity index (χ4v) is 1.14. The van der Waals surface area contributed by atoms with Crippen molar-refractivity contribution in [2.75, 3.05) is 6.61 Å². The van der Waals surface area contributed by atoms with E-state index in [1.54, 1.807) is 0 Å². The second kappa shape index (κ2) is 5.15. The summed E-state index contributed by atoms with van der Waals surface area (Å²) >= 11 is 0. The van der Waals surface area contributed by atoms with Crippen LogP contribution in [0, 0.1) is 12.3 Å². The molecule has 1 aliphatic rings. The predicted octanol–water partition coefficient (Wildman–Crippen LogP) is 0.871. The van der Waals surface area contributed by atoms with Crippen LogP contribution in [0.4, 0.5) is 0 Å². The maximum Gasteiger partial charge on any atom is 0.168 e. The minimum Gasteiger partial charge on any atom is -0.367 e. The van der Waals surface area contributed by atoms with Gasteiger partial charge in [0.25, 0.3) is 0 Å². The molecule has 1 saturated heterocycles. The standard InChI is InChI=1S/C9H14O3/c1-2-5-8(10)12-9-6-3-4-7-11-9/h1,8-10H,3-7H2. The number of hydrogen-bond donors (Lipinski definition) is 1. The fourth-order valence-electron chi connectivity index (χ4n) is 1.14. The molecule has 1 heterocycles. The maximum absolute atomic E-state index is 9.16. The fraction of sp³-hybridized carbons (Fsp3) is 0.778. The van der Waals surface area contributed by atoms with Crippen molar-refractivity contribution in [2.24, 2.45) is 0 Å². The second-order valence-corrected chi connectivity index (χ2v) is 2.80. The number of aliphatic hydroxyl groups excluding tert-OH is 1. The lowest BCUT2D eigenvalue weighted by Gasteiger charge is -2.24. The summed E-state index contributed by atoms with van der Waals surface area (Å²) in [5.41, 5.74) is 0. The van der Waals surface area contributed by atoms with E-state index in [9.17, 15) is 0 Å². The predicted molar refractivity (Wildman–Crippen MR) is 44.1 cm³/mol. The van der Waals surface area contributed by atoms with Crippen molar-refractivity contribution in [3.63, 3.8) is 0 Å². The van der Waals surface area contributed by atoms with E-state index in [0.717, 1.165) is 19.3 Å². The lowest BCUT2D eigenvalue weighted by molar-refractivity contribution is -0.237. The highest BCUT2D eigenvalue weighted by Gasteiger charge is 2.17. The summed E-state index contributed by atoms with van der Waals surface area (Å²) < 4.78 is 10.4. The molecule has 1 fully saturated rings. The van der Waals surface area contributed by atoms with Gasteiger partial charge in [0.1, 0.15) is 0 Å². The molecule has 12 heavy (non-hydrogen) atoms. The molecule has 0 aliphatic carbocycles. The molecule has 0 radical (unpaired) electrons. The summed E-state index contributed by atoms with van der Waals surface area (Å²) in [6.07, 6.45) is 7.10. The topological polar surface area (TPSA) is 38.7 Å². The first-order valence-electron chi connectivity index (χ1n) is 4.21. The van der Waals surface area contributed by atoms with Crippen LogP contribution < -0.4 is 0 Å². The molecule has 1 aliphatic heterocycles. The molecule has 3 heteroatoms. The molecule has 0 amide bonds. The molecule has 0 saturated carbocycles. The van der Waals surface area contributed by atoms with E-state index in [1.807, 2.05) is 0 Å². The van der Waals surface area contributed by atoms with E-state index in [2.05, 4.69) is 5.92 Å². The van der Waals surface area contributed by atoms with Crippen molar-refractivity contribution in [1.29, 1.82) is 0 Å². The van der Waals surface area contributed by atoms with E-state index < -0.39 is 6.29 Å². The molecule has 3 nitrogen and oxygen atoms in total. The van der Waals surface area contributed by atoms with Crippen LogP contribution in [0.2, 0.25) is 0 Å². The number of rotatable bonds is 3. The smallest absolute Gasteiger partial charge is 0.168 e. The van der Waals surface area contributed by atoms with Gasteiger partial charge in [0.2, 0.25) is 0 Å². The van der Waals surface area contributed by atoms with Crippen molar-refractivity contribution in [2.45, 2.75) is 38.3 Å². The number of terminal acetylenes is 1. The number of ether oxygens (including phenoxy) is 2. The molecular weight excluding hydrogens is 156 g/mol. The summed E-state index contributed by atoms with van der Waals surface area (Å²) in [5, 5.41) is 9.16. The molecule has 0 bridgehead atoms. The number of aliphatic hydroxyl groups is 1. The summed E-state index contributed by atoms with van der Waals surface area (Å²) in [7, 11) is 0. The van der Waals surface area contributed by atoms with E-state index in [1.165, 1.54) is 0 Å². The van der Waals surface area contributed by atoms with Gasteiger partial charge in [-0.05, 0) is 19.3 Å². The van der Waals surface area contributed by atoms with Crippen molar-refractivity contribution in [3.05, 3.63) is 0 Å². The minimum atomic E-state index is -0.877. The first-order chi connectivity index (χ1) is 5.83. The molecule has 0 spiro atoms. The van der Waals surface area contributed by atoms with Gasteiger partial charge in [-0.3, -0.25) is 0 Å². The van der Waals surface area contributed by atoms with Gasteiger partial charge < -0.3 is 14.6 Å². The average molecular weight is 170 g/mol. The molecule has 2 unspecified atom stereocenters. The normalized spacial score (nSPS) is 26.2. The van der Waals surface area contributed by atoms with Crippen molar-refractivity contribution in [3.8, 4) is 12.3 Å². The molecule has 1 rings (SSSR count). The van der Waals surface area contributed by atoms with Crippen molar-refractivity contribution >= 4 is 0 Å². The van der Waals surface area contributed by atoms with Crippen LogP contribution >= 0.6 is 0 Å². The Hall–Kier alpha value is -0.560. The molecular formula is C9H14O3. The lowest BCUT2D eigenvalue weighted by Crippen LogP contribution is -2.27. The third-order valence-electron chi connectivity index (χ3n) is 1.74. The monoisotopic (exact) mass is 170 g/mol. The SMILES string of the molecule is C#CCC(O)OC1CCCCO1. The van der Waals surface area contributed by atoms with Crippen molar-refractivity contribution < 1.29 is 14.6 Å². The highest BCUT2D eigenvalue weighted by molar-refractivity contribution is 4.84. The average Bonchev–Trinajstić information content (AvgIpc) is 2.06. The highest BCUT2D eigenvalue weighted by Crippen LogP contribution is 2.15. The number of hydrogen-bond acceptors (Lipinski definition) is 3. The Balaban J connectivity index is 2.16. The lowest BCUT2D eigenvalue weighted by atomic mass is 10.2. The Kier molecular flexibility index (Phi) is 4.09. The van der Waals surface area contributed by atoms with Crippen LogP contribution in [0.5, 0.6) is 0 Å². The van der Waals surface area contributed by atoms with Gasteiger partial charge in [0.15, 0.2) is 12.6 Å². The Labute approximate surface area is 72.7 Å². The summed E-state index contributed by atoms with van der Waals surface area (Å²) in [6.45, 7) is 0.716. The third-order valence-corrected chi connectivity index (χ3v) is 1.74. The minimum absolute atomic E-state index is 0.222. The van der Waals surface area contributed by atoms with Gasteiger partial charge in [-0.2, -0.15) is 0 Å². The van der Waals surface area contributed by atoms with Gasteiger partial charge >= 0.3 is 0 Å². The van der Waals surface area contributed by atoms with Gasteiger partial charge in [0.05, 0.1) is 6.42 Å².